The lowest BCUT2D eigenvalue weighted by Gasteiger charge is -2.18. The van der Waals surface area contributed by atoms with E-state index in [0.29, 0.717) is 0 Å². The van der Waals surface area contributed by atoms with Crippen LogP contribution in [0.4, 0.5) is 0 Å². The summed E-state index contributed by atoms with van der Waals surface area (Å²) in [5.74, 6) is 1.65. The number of hydrogen-bond acceptors (Lipinski definition) is 3. The maximum atomic E-state index is 4.25. The molecule has 0 amide bonds. The summed E-state index contributed by atoms with van der Waals surface area (Å²) in [6, 6.07) is 0. The van der Waals surface area contributed by atoms with Crippen LogP contribution in [0.1, 0.15) is 6.92 Å². The highest BCUT2D eigenvalue weighted by Crippen LogP contribution is 2.15. The summed E-state index contributed by atoms with van der Waals surface area (Å²) in [5, 5.41) is 6.02. The van der Waals surface area contributed by atoms with Crippen molar-refractivity contribution in [2.45, 2.75) is 6.92 Å². The van der Waals surface area contributed by atoms with Gasteiger partial charge in [0.05, 0.1) is 0 Å². The Hall–Kier alpha value is -1.51. The number of nitrogens with one attached hydrogen (secondary N) is 2. The number of aliphatic imine (C=N–C) groups is 1. The zero-order chi connectivity index (χ0) is 9.14. The third-order valence-corrected chi connectivity index (χ3v) is 1.63. The minimum Gasteiger partial charge on any atom is -0.373 e. The summed E-state index contributed by atoms with van der Waals surface area (Å²) >= 11 is 0. The number of amidine groups is 1. The SMILES string of the molecule is C=CC1=C(NC)N=C(C)NC1=C. The first-order chi connectivity index (χ1) is 5.69. The van der Waals surface area contributed by atoms with Crippen LogP contribution >= 0.6 is 0 Å². The predicted molar refractivity (Wildman–Crippen MR) is 51.7 cm³/mol. The van der Waals surface area contributed by atoms with E-state index >= 15 is 0 Å². The Labute approximate surface area is 72.6 Å². The number of allylic oxidation sites excluding steroid dienone is 1. The summed E-state index contributed by atoms with van der Waals surface area (Å²) in [5.41, 5.74) is 1.75. The monoisotopic (exact) mass is 163 g/mol. The van der Waals surface area contributed by atoms with Gasteiger partial charge in [-0.15, -0.1) is 0 Å². The second kappa shape index (κ2) is 3.26. The van der Waals surface area contributed by atoms with Gasteiger partial charge >= 0.3 is 0 Å². The molecule has 0 saturated carbocycles. The molecule has 3 heteroatoms. The first-order valence-electron chi connectivity index (χ1n) is 3.75. The van der Waals surface area contributed by atoms with E-state index in [1.165, 1.54) is 0 Å². The van der Waals surface area contributed by atoms with E-state index in [1.54, 1.807) is 6.08 Å². The largest absolute Gasteiger partial charge is 0.373 e. The highest BCUT2D eigenvalue weighted by Gasteiger charge is 2.11. The maximum Gasteiger partial charge on any atom is 0.137 e. The first kappa shape index (κ1) is 8.59. The molecular weight excluding hydrogens is 150 g/mol. The molecule has 1 aliphatic rings. The number of rotatable bonds is 2. The molecule has 1 heterocycles. The van der Waals surface area contributed by atoms with Crippen molar-refractivity contribution in [3.8, 4) is 0 Å². The van der Waals surface area contributed by atoms with Gasteiger partial charge in [0.1, 0.15) is 11.7 Å². The molecule has 0 unspecified atom stereocenters. The van der Waals surface area contributed by atoms with Crippen molar-refractivity contribution in [1.82, 2.24) is 10.6 Å². The Bertz CT molecular complexity index is 284. The van der Waals surface area contributed by atoms with Crippen LogP contribution in [0.5, 0.6) is 0 Å². The van der Waals surface area contributed by atoms with Gasteiger partial charge in [0.15, 0.2) is 0 Å². The standard InChI is InChI=1S/C9H13N3/c1-5-8-6(2)11-7(3)12-9(8)10-4/h5,10H,1-2H2,3-4H3,(H,11,12). The Kier molecular flexibility index (Phi) is 2.33. The molecule has 12 heavy (non-hydrogen) atoms. The van der Waals surface area contributed by atoms with Gasteiger partial charge in [0.2, 0.25) is 0 Å². The zero-order valence-corrected chi connectivity index (χ0v) is 7.44. The molecule has 3 nitrogen and oxygen atoms in total. The van der Waals surface area contributed by atoms with E-state index in [0.717, 1.165) is 22.9 Å². The first-order valence-corrected chi connectivity index (χ1v) is 3.75. The minimum absolute atomic E-state index is 0.811. The van der Waals surface area contributed by atoms with Crippen molar-refractivity contribution in [3.63, 3.8) is 0 Å². The fourth-order valence-corrected chi connectivity index (χ4v) is 1.09. The summed E-state index contributed by atoms with van der Waals surface area (Å²) in [6.07, 6.45) is 1.73. The van der Waals surface area contributed by atoms with Crippen molar-refractivity contribution in [2.24, 2.45) is 4.99 Å². The Morgan fingerprint density at radius 1 is 1.58 bits per heavy atom. The quantitative estimate of drug-likeness (QED) is 0.640. The average Bonchev–Trinajstić information content (AvgIpc) is 2.03. The molecule has 1 rings (SSSR count). The predicted octanol–water partition coefficient (Wildman–Crippen LogP) is 1.14. The molecule has 0 radical (unpaired) electrons. The van der Waals surface area contributed by atoms with Crippen molar-refractivity contribution in [2.75, 3.05) is 7.05 Å². The maximum absolute atomic E-state index is 4.25. The van der Waals surface area contributed by atoms with Crippen LogP contribution in [0, 0.1) is 0 Å². The third-order valence-electron chi connectivity index (χ3n) is 1.63. The van der Waals surface area contributed by atoms with Crippen LogP contribution in [0.2, 0.25) is 0 Å². The van der Waals surface area contributed by atoms with Crippen LogP contribution in [-0.2, 0) is 0 Å². The Balaban J connectivity index is 3.13. The molecule has 0 aromatic rings. The van der Waals surface area contributed by atoms with E-state index in [-0.39, 0.29) is 0 Å². The Morgan fingerprint density at radius 3 is 2.75 bits per heavy atom. The third kappa shape index (κ3) is 1.39. The fraction of sp³-hybridized carbons (Fsp3) is 0.222. The van der Waals surface area contributed by atoms with Crippen molar-refractivity contribution in [1.29, 1.82) is 0 Å². The van der Waals surface area contributed by atoms with Crippen LogP contribution in [-0.4, -0.2) is 12.9 Å². The summed E-state index contributed by atoms with van der Waals surface area (Å²) in [6.45, 7) is 9.44. The molecule has 0 spiro atoms. The van der Waals surface area contributed by atoms with E-state index in [4.69, 9.17) is 0 Å². The average molecular weight is 163 g/mol. The van der Waals surface area contributed by atoms with Gasteiger partial charge in [-0.05, 0) is 6.92 Å². The lowest BCUT2D eigenvalue weighted by atomic mass is 10.2. The van der Waals surface area contributed by atoms with Crippen LogP contribution < -0.4 is 10.6 Å². The molecule has 0 aromatic heterocycles. The molecule has 2 N–H and O–H groups in total. The van der Waals surface area contributed by atoms with E-state index in [9.17, 15) is 0 Å². The van der Waals surface area contributed by atoms with Crippen LogP contribution in [0.15, 0.2) is 41.3 Å². The minimum atomic E-state index is 0.811. The van der Waals surface area contributed by atoms with E-state index < -0.39 is 0 Å². The normalized spacial score (nSPS) is 16.8. The van der Waals surface area contributed by atoms with E-state index in [1.807, 2.05) is 14.0 Å². The van der Waals surface area contributed by atoms with Gasteiger partial charge in [0, 0.05) is 18.3 Å². The fourth-order valence-electron chi connectivity index (χ4n) is 1.09. The second-order valence-corrected chi connectivity index (χ2v) is 2.52. The highest BCUT2D eigenvalue weighted by molar-refractivity contribution is 5.85. The summed E-state index contributed by atoms with van der Waals surface area (Å²) < 4.78 is 0. The Morgan fingerprint density at radius 2 is 2.25 bits per heavy atom. The molecule has 0 aliphatic carbocycles. The molecule has 0 bridgehead atoms. The van der Waals surface area contributed by atoms with Gasteiger partial charge in [-0.3, -0.25) is 0 Å². The summed E-state index contributed by atoms with van der Waals surface area (Å²) in [7, 11) is 1.83. The topological polar surface area (TPSA) is 36.4 Å². The molecular formula is C9H13N3. The van der Waals surface area contributed by atoms with E-state index in [2.05, 4.69) is 28.8 Å². The molecule has 0 aromatic carbocycles. The molecule has 64 valence electrons. The number of hydrogen-bond donors (Lipinski definition) is 2. The highest BCUT2D eigenvalue weighted by atomic mass is 15.1. The van der Waals surface area contributed by atoms with Gasteiger partial charge in [-0.1, -0.05) is 19.2 Å². The zero-order valence-electron chi connectivity index (χ0n) is 7.44. The smallest absolute Gasteiger partial charge is 0.137 e. The van der Waals surface area contributed by atoms with Crippen LogP contribution in [0.25, 0.3) is 0 Å². The lowest BCUT2D eigenvalue weighted by Crippen LogP contribution is -2.27. The van der Waals surface area contributed by atoms with Crippen molar-refractivity contribution in [3.05, 3.63) is 36.3 Å². The van der Waals surface area contributed by atoms with Gasteiger partial charge in [0.25, 0.3) is 0 Å². The van der Waals surface area contributed by atoms with Gasteiger partial charge in [-0.25, -0.2) is 4.99 Å². The number of nitrogens with zero attached hydrogens (tertiary/aromatic N) is 1. The molecule has 0 fully saturated rings. The van der Waals surface area contributed by atoms with Gasteiger partial charge < -0.3 is 10.6 Å². The van der Waals surface area contributed by atoms with Crippen molar-refractivity contribution >= 4 is 5.84 Å². The lowest BCUT2D eigenvalue weighted by molar-refractivity contribution is 0.907. The molecule has 1 aliphatic heterocycles. The van der Waals surface area contributed by atoms with Crippen LogP contribution in [0.3, 0.4) is 0 Å². The van der Waals surface area contributed by atoms with Gasteiger partial charge in [-0.2, -0.15) is 0 Å². The second-order valence-electron chi connectivity index (χ2n) is 2.52. The van der Waals surface area contributed by atoms with Crippen molar-refractivity contribution < 1.29 is 0 Å². The molecule has 0 atom stereocenters. The summed E-state index contributed by atoms with van der Waals surface area (Å²) in [4.78, 5) is 4.25. The molecule has 0 saturated heterocycles.